The Labute approximate surface area is 165 Å². The van der Waals surface area contributed by atoms with Gasteiger partial charge in [0.2, 0.25) is 0 Å². The van der Waals surface area contributed by atoms with Crippen molar-refractivity contribution in [1.29, 1.82) is 0 Å². The topological polar surface area (TPSA) is 45.7 Å². The predicted molar refractivity (Wildman–Crippen MR) is 114 cm³/mol. The van der Waals surface area contributed by atoms with Crippen molar-refractivity contribution >= 4 is 41.3 Å². The lowest BCUT2D eigenvalue weighted by Crippen LogP contribution is -2.38. The van der Waals surface area contributed by atoms with Crippen molar-refractivity contribution in [1.82, 2.24) is 10.6 Å². The number of ether oxygens (including phenoxy) is 1. The fraction of sp³-hybridized carbons (Fsp3) is 0.389. The van der Waals surface area contributed by atoms with Gasteiger partial charge < -0.3 is 15.4 Å². The number of hydrogen-bond donors (Lipinski definition) is 2. The van der Waals surface area contributed by atoms with Crippen molar-refractivity contribution < 1.29 is 4.74 Å². The van der Waals surface area contributed by atoms with Gasteiger partial charge in [-0.1, -0.05) is 31.2 Å². The average molecular weight is 459 g/mol. The van der Waals surface area contributed by atoms with Gasteiger partial charge in [0, 0.05) is 27.2 Å². The molecule has 0 radical (unpaired) electrons. The van der Waals surface area contributed by atoms with Gasteiger partial charge in [0.25, 0.3) is 0 Å². The summed E-state index contributed by atoms with van der Waals surface area (Å²) in [6, 6.07) is 10.6. The van der Waals surface area contributed by atoms with E-state index in [1.807, 2.05) is 0 Å². The van der Waals surface area contributed by atoms with E-state index >= 15 is 0 Å². The summed E-state index contributed by atoms with van der Waals surface area (Å²) in [5.41, 5.74) is 3.77. The Morgan fingerprint density at radius 3 is 2.46 bits per heavy atom. The van der Waals surface area contributed by atoms with Gasteiger partial charge in [-0.3, -0.25) is 4.99 Å². The molecule has 0 aliphatic carbocycles. The Kier molecular flexibility index (Phi) is 9.97. The predicted octanol–water partition coefficient (Wildman–Crippen LogP) is 3.98. The summed E-state index contributed by atoms with van der Waals surface area (Å²) in [6.07, 6.45) is 0. The van der Waals surface area contributed by atoms with Crippen LogP contribution in [0.1, 0.15) is 29.5 Å². The molecule has 0 spiro atoms. The van der Waals surface area contributed by atoms with Crippen LogP contribution in [0.2, 0.25) is 0 Å². The lowest BCUT2D eigenvalue weighted by Gasteiger charge is -2.15. The molecule has 6 heteroatoms. The minimum absolute atomic E-state index is 0. The SMILES string of the molecule is CN=C(NCc1ccc(COC)cc1)NCC(C)c1ccsc1.I. The number of guanidine groups is 1. The number of hydrogen-bond acceptors (Lipinski definition) is 3. The molecule has 0 amide bonds. The molecule has 0 bridgehead atoms. The lowest BCUT2D eigenvalue weighted by atomic mass is 10.1. The van der Waals surface area contributed by atoms with Crippen LogP contribution in [0.5, 0.6) is 0 Å². The summed E-state index contributed by atoms with van der Waals surface area (Å²) in [4.78, 5) is 4.28. The van der Waals surface area contributed by atoms with E-state index in [4.69, 9.17) is 4.74 Å². The Hall–Kier alpha value is -1.12. The molecular formula is C18H26IN3OS. The second-order valence-corrected chi connectivity index (χ2v) is 6.29. The zero-order valence-corrected chi connectivity index (χ0v) is 17.6. The number of nitrogens with one attached hydrogen (secondary N) is 2. The largest absolute Gasteiger partial charge is 0.380 e. The minimum atomic E-state index is 0. The molecule has 1 heterocycles. The number of nitrogens with zero attached hydrogens (tertiary/aromatic N) is 1. The van der Waals surface area contributed by atoms with E-state index in [-0.39, 0.29) is 24.0 Å². The van der Waals surface area contributed by atoms with Gasteiger partial charge in [-0.05, 0) is 39.4 Å². The molecule has 0 fully saturated rings. The molecule has 4 nitrogen and oxygen atoms in total. The fourth-order valence-corrected chi connectivity index (χ4v) is 3.03. The minimum Gasteiger partial charge on any atom is -0.380 e. The van der Waals surface area contributed by atoms with Gasteiger partial charge in [0.15, 0.2) is 5.96 Å². The zero-order valence-electron chi connectivity index (χ0n) is 14.4. The van der Waals surface area contributed by atoms with E-state index in [0.717, 1.165) is 19.0 Å². The van der Waals surface area contributed by atoms with Crippen LogP contribution in [0.25, 0.3) is 0 Å². The number of halogens is 1. The third-order valence-corrected chi connectivity index (χ3v) is 4.41. The maximum Gasteiger partial charge on any atom is 0.191 e. The van der Waals surface area contributed by atoms with Crippen LogP contribution < -0.4 is 10.6 Å². The second-order valence-electron chi connectivity index (χ2n) is 5.51. The maximum absolute atomic E-state index is 5.12. The monoisotopic (exact) mass is 459 g/mol. The molecule has 24 heavy (non-hydrogen) atoms. The summed E-state index contributed by atoms with van der Waals surface area (Å²) in [5.74, 6) is 1.29. The highest BCUT2D eigenvalue weighted by molar-refractivity contribution is 14.0. The van der Waals surface area contributed by atoms with Gasteiger partial charge in [0.05, 0.1) is 6.61 Å². The second kappa shape index (κ2) is 11.4. The van der Waals surface area contributed by atoms with E-state index in [1.165, 1.54) is 16.7 Å². The summed E-state index contributed by atoms with van der Waals surface area (Å²) in [5, 5.41) is 11.0. The first-order chi connectivity index (χ1) is 11.2. The molecular weight excluding hydrogens is 433 g/mol. The van der Waals surface area contributed by atoms with Crippen LogP contribution in [0.15, 0.2) is 46.1 Å². The third-order valence-electron chi connectivity index (χ3n) is 3.71. The number of benzene rings is 1. The van der Waals surface area contributed by atoms with E-state index in [9.17, 15) is 0 Å². The standard InChI is InChI=1S/C18H25N3OS.HI/c1-14(17-8-9-23-13-17)10-20-18(19-2)21-11-15-4-6-16(7-5-15)12-22-3;/h4-9,13-14H,10-12H2,1-3H3,(H2,19,20,21);1H. The van der Waals surface area contributed by atoms with Crippen molar-refractivity contribution in [3.05, 3.63) is 57.8 Å². The first kappa shape index (κ1) is 20.9. The third kappa shape index (κ3) is 6.78. The van der Waals surface area contributed by atoms with Crippen molar-refractivity contribution in [3.8, 4) is 0 Å². The van der Waals surface area contributed by atoms with Crippen LogP contribution >= 0.6 is 35.3 Å². The van der Waals surface area contributed by atoms with E-state index in [0.29, 0.717) is 12.5 Å². The Balaban J connectivity index is 0.00000288. The molecule has 0 saturated heterocycles. The maximum atomic E-state index is 5.12. The van der Waals surface area contributed by atoms with Gasteiger partial charge in [-0.2, -0.15) is 11.3 Å². The molecule has 0 aliphatic rings. The number of methoxy groups -OCH3 is 1. The van der Waals surface area contributed by atoms with E-state index in [2.05, 4.69) is 63.6 Å². The highest BCUT2D eigenvalue weighted by Gasteiger charge is 2.07. The Morgan fingerprint density at radius 2 is 1.88 bits per heavy atom. The van der Waals surface area contributed by atoms with Gasteiger partial charge in [-0.15, -0.1) is 24.0 Å². The van der Waals surface area contributed by atoms with Crippen LogP contribution in [-0.2, 0) is 17.9 Å². The number of aliphatic imine (C=N–C) groups is 1. The van der Waals surface area contributed by atoms with Crippen LogP contribution in [-0.4, -0.2) is 26.7 Å². The van der Waals surface area contributed by atoms with Crippen molar-refractivity contribution in [3.63, 3.8) is 0 Å². The Morgan fingerprint density at radius 1 is 1.17 bits per heavy atom. The van der Waals surface area contributed by atoms with Crippen LogP contribution in [0, 0.1) is 0 Å². The van der Waals surface area contributed by atoms with Crippen molar-refractivity contribution in [2.45, 2.75) is 26.0 Å². The molecule has 1 atom stereocenters. The van der Waals surface area contributed by atoms with Crippen molar-refractivity contribution in [2.75, 3.05) is 20.7 Å². The number of thiophene rings is 1. The molecule has 2 rings (SSSR count). The van der Waals surface area contributed by atoms with Crippen LogP contribution in [0.3, 0.4) is 0 Å². The van der Waals surface area contributed by atoms with Gasteiger partial charge >= 0.3 is 0 Å². The first-order valence-corrected chi connectivity index (χ1v) is 8.70. The summed E-state index contributed by atoms with van der Waals surface area (Å²) in [6.45, 7) is 4.48. The molecule has 2 aromatic rings. The first-order valence-electron chi connectivity index (χ1n) is 7.76. The molecule has 132 valence electrons. The highest BCUT2D eigenvalue weighted by Crippen LogP contribution is 2.16. The molecule has 1 aromatic carbocycles. The van der Waals surface area contributed by atoms with Crippen LogP contribution in [0.4, 0.5) is 0 Å². The summed E-state index contributed by atoms with van der Waals surface area (Å²) in [7, 11) is 3.51. The fourth-order valence-electron chi connectivity index (χ4n) is 2.25. The van der Waals surface area contributed by atoms with Gasteiger partial charge in [-0.25, -0.2) is 0 Å². The molecule has 1 aromatic heterocycles. The normalized spacial score (nSPS) is 12.4. The van der Waals surface area contributed by atoms with E-state index < -0.39 is 0 Å². The molecule has 0 saturated carbocycles. The molecule has 0 aliphatic heterocycles. The molecule has 2 N–H and O–H groups in total. The summed E-state index contributed by atoms with van der Waals surface area (Å²) < 4.78 is 5.12. The van der Waals surface area contributed by atoms with E-state index in [1.54, 1.807) is 25.5 Å². The number of rotatable bonds is 7. The average Bonchev–Trinajstić information content (AvgIpc) is 3.11. The molecule has 1 unspecified atom stereocenters. The smallest absolute Gasteiger partial charge is 0.191 e. The van der Waals surface area contributed by atoms with Crippen molar-refractivity contribution in [2.24, 2.45) is 4.99 Å². The summed E-state index contributed by atoms with van der Waals surface area (Å²) >= 11 is 1.74. The lowest BCUT2D eigenvalue weighted by molar-refractivity contribution is 0.185. The quantitative estimate of drug-likeness (QED) is 0.374. The Bertz CT molecular complexity index is 599. The highest BCUT2D eigenvalue weighted by atomic mass is 127. The zero-order chi connectivity index (χ0) is 16.5. The van der Waals surface area contributed by atoms with Gasteiger partial charge in [0.1, 0.15) is 0 Å².